The first-order valence-electron chi connectivity index (χ1n) is 16.5. The quantitative estimate of drug-likeness (QED) is 0.0706. The molecule has 42 heavy (non-hydrogen) atoms. The molecule has 0 spiro atoms. The van der Waals surface area contributed by atoms with Gasteiger partial charge >= 0.3 is 59.1 Å². The van der Waals surface area contributed by atoms with Gasteiger partial charge in [-0.1, -0.05) is 168 Å². The minimum Gasteiger partial charge on any atom is -0.549 e. The standard InChI is InChI=1S/C32H62O7S.2Na/c1-3-5-7-9-11-13-15-17-19-21-23-25-27-32(31(35)36,29(30(33)34)40(37,38)39)28-26-24-22-20-18-16-14-12-10-8-6-4-2;;/h29H,3-28H2,1-2H3,(H,33,34)(H,35,36)(H,37,38,39);;/q;2*+1/p-2. The van der Waals surface area contributed by atoms with E-state index >= 15 is 0 Å². The molecule has 1 atom stereocenters. The number of carboxylic acid groups (broad SMARTS) is 2. The zero-order valence-electron chi connectivity index (χ0n) is 27.8. The molecule has 0 rings (SSSR count). The SMILES string of the molecule is CCCCCCCCCCCCCCC(CCCCCCCCCCCCCC)(C(=O)[O-])C(C(=O)[O-])S(=O)(=O)O.[Na+].[Na+]. The van der Waals surface area contributed by atoms with E-state index in [2.05, 4.69) is 13.8 Å². The average Bonchev–Trinajstić information content (AvgIpc) is 2.88. The van der Waals surface area contributed by atoms with Gasteiger partial charge in [-0.3, -0.25) is 4.55 Å². The Balaban J connectivity index is -0.00000760. The van der Waals surface area contributed by atoms with Crippen LogP contribution in [0.15, 0.2) is 0 Å². The largest absolute Gasteiger partial charge is 1.00 e. The van der Waals surface area contributed by atoms with Crippen LogP contribution in [0.1, 0.15) is 181 Å². The molecule has 0 aromatic carbocycles. The second kappa shape index (κ2) is 30.5. The Morgan fingerprint density at radius 3 is 0.976 bits per heavy atom. The molecular weight excluding hydrogens is 574 g/mol. The smallest absolute Gasteiger partial charge is 0.549 e. The summed E-state index contributed by atoms with van der Waals surface area (Å²) in [5.41, 5.74) is -2.19. The Bertz CT molecular complexity index is 719. The molecule has 1 unspecified atom stereocenters. The molecule has 0 aromatic rings. The molecule has 0 aliphatic heterocycles. The molecule has 0 amide bonds. The molecule has 0 aliphatic carbocycles. The van der Waals surface area contributed by atoms with Gasteiger partial charge in [-0.05, 0) is 12.8 Å². The van der Waals surface area contributed by atoms with Crippen molar-refractivity contribution in [1.82, 2.24) is 0 Å². The fourth-order valence-electron chi connectivity index (χ4n) is 5.89. The monoisotopic (exact) mass is 634 g/mol. The number of carbonyl (C=O) groups excluding carboxylic acids is 2. The predicted molar refractivity (Wildman–Crippen MR) is 159 cm³/mol. The molecule has 0 bridgehead atoms. The van der Waals surface area contributed by atoms with E-state index in [1.807, 2.05) is 0 Å². The van der Waals surface area contributed by atoms with Crippen LogP contribution >= 0.6 is 0 Å². The van der Waals surface area contributed by atoms with E-state index in [4.69, 9.17) is 0 Å². The molecule has 0 heterocycles. The molecule has 0 aliphatic rings. The van der Waals surface area contributed by atoms with Crippen molar-refractivity contribution in [3.05, 3.63) is 0 Å². The van der Waals surface area contributed by atoms with Crippen molar-refractivity contribution >= 4 is 22.1 Å². The summed E-state index contributed by atoms with van der Waals surface area (Å²) in [6, 6.07) is 0. The average molecular weight is 635 g/mol. The second-order valence-corrected chi connectivity index (χ2v) is 13.4. The number of carboxylic acids is 2. The maximum Gasteiger partial charge on any atom is 1.00 e. The zero-order chi connectivity index (χ0) is 30.1. The van der Waals surface area contributed by atoms with E-state index < -0.39 is 32.7 Å². The Labute approximate surface area is 302 Å². The third-order valence-electron chi connectivity index (χ3n) is 8.37. The number of hydrogen-bond donors (Lipinski definition) is 1. The van der Waals surface area contributed by atoms with Crippen LogP contribution in [-0.2, 0) is 19.7 Å². The van der Waals surface area contributed by atoms with Crippen LogP contribution in [-0.4, -0.2) is 30.2 Å². The number of carbonyl (C=O) groups is 2. The van der Waals surface area contributed by atoms with Crippen molar-refractivity contribution in [1.29, 1.82) is 0 Å². The summed E-state index contributed by atoms with van der Waals surface area (Å²) in [6.45, 7) is 4.41. The van der Waals surface area contributed by atoms with Gasteiger partial charge in [0, 0.05) is 11.4 Å². The topological polar surface area (TPSA) is 135 Å². The molecule has 0 radical (unpaired) electrons. The van der Waals surface area contributed by atoms with E-state index in [9.17, 15) is 32.8 Å². The first-order valence-corrected chi connectivity index (χ1v) is 18.0. The summed E-state index contributed by atoms with van der Waals surface area (Å²) in [4.78, 5) is 24.1. The van der Waals surface area contributed by atoms with Gasteiger partial charge in [0.05, 0.1) is 5.97 Å². The minimum atomic E-state index is -5.18. The molecule has 7 nitrogen and oxygen atoms in total. The van der Waals surface area contributed by atoms with Crippen molar-refractivity contribution in [3.8, 4) is 0 Å². The fraction of sp³-hybridized carbons (Fsp3) is 0.938. The van der Waals surface area contributed by atoms with Crippen molar-refractivity contribution in [2.45, 2.75) is 186 Å². The summed E-state index contributed by atoms with van der Waals surface area (Å²) in [6.07, 6.45) is 25.3. The molecular formula is C32H60Na2O7S. The zero-order valence-corrected chi connectivity index (χ0v) is 32.6. The Hall–Kier alpha value is 0.850. The summed E-state index contributed by atoms with van der Waals surface area (Å²) in [5.74, 6) is -3.81. The van der Waals surface area contributed by atoms with Gasteiger partial charge in [-0.25, -0.2) is 0 Å². The van der Waals surface area contributed by atoms with Crippen molar-refractivity contribution in [3.63, 3.8) is 0 Å². The van der Waals surface area contributed by atoms with E-state index in [0.29, 0.717) is 25.7 Å². The first kappa shape index (κ1) is 47.3. The van der Waals surface area contributed by atoms with Crippen LogP contribution in [0, 0.1) is 5.41 Å². The maximum absolute atomic E-state index is 12.3. The van der Waals surface area contributed by atoms with E-state index in [1.54, 1.807) is 0 Å². The fourth-order valence-corrected chi connectivity index (χ4v) is 7.04. The van der Waals surface area contributed by atoms with Crippen molar-refractivity contribution in [2.24, 2.45) is 5.41 Å². The van der Waals surface area contributed by atoms with Crippen LogP contribution in [0.4, 0.5) is 0 Å². The summed E-state index contributed by atoms with van der Waals surface area (Å²) < 4.78 is 33.7. The van der Waals surface area contributed by atoms with Gasteiger partial charge in [-0.15, -0.1) is 0 Å². The Morgan fingerprint density at radius 2 is 0.786 bits per heavy atom. The van der Waals surface area contributed by atoms with E-state index in [0.717, 1.165) is 38.5 Å². The predicted octanol–water partition coefficient (Wildman–Crippen LogP) is 0.919. The number of unbranched alkanes of at least 4 members (excludes halogenated alkanes) is 22. The number of rotatable bonds is 30. The van der Waals surface area contributed by atoms with Gasteiger partial charge in [0.15, 0.2) is 0 Å². The van der Waals surface area contributed by atoms with Gasteiger partial charge in [0.25, 0.3) is 10.1 Å². The van der Waals surface area contributed by atoms with E-state index in [1.165, 1.54) is 89.9 Å². The van der Waals surface area contributed by atoms with Crippen molar-refractivity contribution in [2.75, 3.05) is 0 Å². The molecule has 0 saturated heterocycles. The van der Waals surface area contributed by atoms with Crippen LogP contribution in [0.25, 0.3) is 0 Å². The normalized spacial score (nSPS) is 12.4. The van der Waals surface area contributed by atoms with Crippen LogP contribution in [0.2, 0.25) is 0 Å². The number of hydrogen-bond acceptors (Lipinski definition) is 6. The van der Waals surface area contributed by atoms with Crippen LogP contribution in [0.3, 0.4) is 0 Å². The van der Waals surface area contributed by atoms with Gasteiger partial charge < -0.3 is 19.8 Å². The summed E-state index contributed by atoms with van der Waals surface area (Å²) in [7, 11) is -5.18. The van der Waals surface area contributed by atoms with Crippen LogP contribution in [0.5, 0.6) is 0 Å². The van der Waals surface area contributed by atoms with Gasteiger partial charge in [0.1, 0.15) is 5.25 Å². The summed E-state index contributed by atoms with van der Waals surface area (Å²) in [5, 5.41) is 21.6. The second-order valence-electron chi connectivity index (χ2n) is 11.9. The molecule has 238 valence electrons. The molecule has 0 aromatic heterocycles. The third-order valence-corrected chi connectivity index (χ3v) is 9.61. The molecule has 10 heteroatoms. The first-order chi connectivity index (χ1) is 19.1. The third kappa shape index (κ3) is 23.2. The van der Waals surface area contributed by atoms with E-state index in [-0.39, 0.29) is 72.0 Å². The molecule has 0 saturated carbocycles. The van der Waals surface area contributed by atoms with Gasteiger partial charge in [0.2, 0.25) is 0 Å². The maximum atomic E-state index is 12.3. The molecule has 1 N–H and O–H groups in total. The minimum absolute atomic E-state index is 0. The Morgan fingerprint density at radius 1 is 0.548 bits per heavy atom. The number of aliphatic carboxylic acids is 2. The molecule has 0 fully saturated rings. The Kier molecular flexibility index (Phi) is 34.3. The van der Waals surface area contributed by atoms with Crippen LogP contribution < -0.4 is 69.3 Å². The summed E-state index contributed by atoms with van der Waals surface area (Å²) >= 11 is 0. The van der Waals surface area contributed by atoms with Crippen molar-refractivity contribution < 1.29 is 91.9 Å². The van der Waals surface area contributed by atoms with Gasteiger partial charge in [-0.2, -0.15) is 8.42 Å².